The third-order valence-electron chi connectivity index (χ3n) is 3.49. The number of ether oxygens (including phenoxy) is 1. The molecule has 0 aliphatic carbocycles. The van der Waals surface area contributed by atoms with E-state index in [0.717, 1.165) is 12.8 Å². The van der Waals surface area contributed by atoms with Crippen molar-refractivity contribution in [1.29, 1.82) is 5.26 Å². The fourth-order valence-corrected chi connectivity index (χ4v) is 3.48. The second-order valence-corrected chi connectivity index (χ2v) is 7.61. The first-order valence-electron chi connectivity index (χ1n) is 6.67. The minimum atomic E-state index is -3.16. The highest BCUT2D eigenvalue weighted by atomic mass is 35.5. The largest absolute Gasteiger partial charge is 0.492 e. The van der Waals surface area contributed by atoms with Crippen LogP contribution in [0.3, 0.4) is 0 Å². The third kappa shape index (κ3) is 4.34. The van der Waals surface area contributed by atoms with Gasteiger partial charge in [0.1, 0.15) is 11.8 Å². The molecule has 5 nitrogen and oxygen atoms in total. The number of hydrogen-bond acceptors (Lipinski definition) is 4. The monoisotopic (exact) mass is 328 g/mol. The van der Waals surface area contributed by atoms with Crippen LogP contribution in [0.5, 0.6) is 5.75 Å². The second kappa shape index (κ2) is 6.65. The Labute approximate surface area is 130 Å². The SMILES string of the molecule is CS(=O)(=O)N1CCCC(COc2cc(Cl)ccc2C#N)C1. The Balaban J connectivity index is 2.00. The van der Waals surface area contributed by atoms with Gasteiger partial charge in [0, 0.05) is 30.1 Å². The molecular formula is C14H17ClN2O3S. The Morgan fingerprint density at radius 1 is 1.52 bits per heavy atom. The van der Waals surface area contributed by atoms with E-state index in [2.05, 4.69) is 6.07 Å². The first-order chi connectivity index (χ1) is 9.90. The molecule has 1 saturated heterocycles. The lowest BCUT2D eigenvalue weighted by molar-refractivity contribution is 0.180. The van der Waals surface area contributed by atoms with E-state index in [1.807, 2.05) is 0 Å². The van der Waals surface area contributed by atoms with Gasteiger partial charge < -0.3 is 4.74 Å². The van der Waals surface area contributed by atoms with E-state index in [9.17, 15) is 8.42 Å². The summed E-state index contributed by atoms with van der Waals surface area (Å²) >= 11 is 5.90. The maximum absolute atomic E-state index is 11.6. The van der Waals surface area contributed by atoms with Crippen molar-refractivity contribution in [3.8, 4) is 11.8 Å². The molecule has 7 heteroatoms. The molecule has 0 amide bonds. The van der Waals surface area contributed by atoms with Crippen molar-refractivity contribution in [2.75, 3.05) is 26.0 Å². The van der Waals surface area contributed by atoms with Crippen LogP contribution >= 0.6 is 11.6 Å². The van der Waals surface area contributed by atoms with E-state index in [1.165, 1.54) is 10.6 Å². The summed E-state index contributed by atoms with van der Waals surface area (Å²) in [6, 6.07) is 6.91. The fourth-order valence-electron chi connectivity index (χ4n) is 2.38. The molecule has 1 atom stereocenters. The highest BCUT2D eigenvalue weighted by Gasteiger charge is 2.26. The molecule has 2 rings (SSSR count). The van der Waals surface area contributed by atoms with Crippen LogP contribution in [0.2, 0.25) is 5.02 Å². The molecule has 0 aromatic heterocycles. The zero-order chi connectivity index (χ0) is 15.5. The molecular weight excluding hydrogens is 312 g/mol. The standard InChI is InChI=1S/C14H17ClN2O3S/c1-21(18,19)17-6-2-3-11(9-17)10-20-14-7-13(15)5-4-12(14)8-16/h4-5,7,11H,2-3,6,9-10H2,1H3. The molecule has 21 heavy (non-hydrogen) atoms. The lowest BCUT2D eigenvalue weighted by Crippen LogP contribution is -2.40. The molecule has 1 heterocycles. The zero-order valence-corrected chi connectivity index (χ0v) is 13.3. The Morgan fingerprint density at radius 3 is 2.95 bits per heavy atom. The van der Waals surface area contributed by atoms with E-state index >= 15 is 0 Å². The molecule has 1 aliphatic heterocycles. The zero-order valence-electron chi connectivity index (χ0n) is 11.8. The maximum Gasteiger partial charge on any atom is 0.211 e. The van der Waals surface area contributed by atoms with Crippen molar-refractivity contribution in [2.45, 2.75) is 12.8 Å². The summed E-state index contributed by atoms with van der Waals surface area (Å²) in [5.74, 6) is 0.570. The summed E-state index contributed by atoms with van der Waals surface area (Å²) in [5.41, 5.74) is 0.426. The van der Waals surface area contributed by atoms with Gasteiger partial charge in [-0.1, -0.05) is 11.6 Å². The van der Waals surface area contributed by atoms with Crippen LogP contribution in [0, 0.1) is 17.2 Å². The molecule has 0 bridgehead atoms. The number of hydrogen-bond donors (Lipinski definition) is 0. The molecule has 1 fully saturated rings. The van der Waals surface area contributed by atoms with E-state index in [4.69, 9.17) is 21.6 Å². The minimum Gasteiger partial charge on any atom is -0.492 e. The Kier molecular flexibility index (Phi) is 5.09. The van der Waals surface area contributed by atoms with Crippen LogP contribution in [0.1, 0.15) is 18.4 Å². The predicted molar refractivity (Wildman–Crippen MR) is 80.8 cm³/mol. The van der Waals surface area contributed by atoms with Crippen LogP contribution < -0.4 is 4.74 Å². The summed E-state index contributed by atoms with van der Waals surface area (Å²) in [4.78, 5) is 0. The minimum absolute atomic E-state index is 0.124. The van der Waals surface area contributed by atoms with Crippen molar-refractivity contribution in [2.24, 2.45) is 5.92 Å². The Hall–Kier alpha value is -1.29. The van der Waals surface area contributed by atoms with Gasteiger partial charge in [0.15, 0.2) is 0 Å². The number of piperidine rings is 1. The van der Waals surface area contributed by atoms with E-state index in [1.54, 1.807) is 18.2 Å². The van der Waals surface area contributed by atoms with Crippen molar-refractivity contribution < 1.29 is 13.2 Å². The van der Waals surface area contributed by atoms with Gasteiger partial charge in [-0.3, -0.25) is 0 Å². The van der Waals surface area contributed by atoms with Gasteiger partial charge in [-0.25, -0.2) is 12.7 Å². The van der Waals surface area contributed by atoms with Gasteiger partial charge in [-0.15, -0.1) is 0 Å². The molecule has 0 spiro atoms. The number of halogens is 1. The third-order valence-corrected chi connectivity index (χ3v) is 4.99. The van der Waals surface area contributed by atoms with Crippen LogP contribution in [-0.4, -0.2) is 38.7 Å². The topological polar surface area (TPSA) is 70.4 Å². The highest BCUT2D eigenvalue weighted by Crippen LogP contribution is 2.25. The first-order valence-corrected chi connectivity index (χ1v) is 8.90. The number of sulfonamides is 1. The number of nitriles is 1. The molecule has 1 aromatic rings. The highest BCUT2D eigenvalue weighted by molar-refractivity contribution is 7.88. The average molecular weight is 329 g/mol. The summed E-state index contributed by atoms with van der Waals surface area (Å²) in [6.07, 6.45) is 2.96. The number of nitrogens with zero attached hydrogens (tertiary/aromatic N) is 2. The van der Waals surface area contributed by atoms with Crippen molar-refractivity contribution in [1.82, 2.24) is 4.31 Å². The van der Waals surface area contributed by atoms with Gasteiger partial charge in [-0.2, -0.15) is 5.26 Å². The van der Waals surface area contributed by atoms with Gasteiger partial charge in [0.25, 0.3) is 0 Å². The van der Waals surface area contributed by atoms with Crippen molar-refractivity contribution in [3.05, 3.63) is 28.8 Å². The predicted octanol–water partition coefficient (Wildman–Crippen LogP) is 2.26. The van der Waals surface area contributed by atoms with Crippen LogP contribution in [-0.2, 0) is 10.0 Å². The molecule has 0 radical (unpaired) electrons. The summed E-state index contributed by atoms with van der Waals surface area (Å²) in [5, 5.41) is 9.54. The number of benzene rings is 1. The smallest absolute Gasteiger partial charge is 0.211 e. The maximum atomic E-state index is 11.6. The summed E-state index contributed by atoms with van der Waals surface area (Å²) < 4.78 is 30.3. The van der Waals surface area contributed by atoms with Crippen LogP contribution in [0.4, 0.5) is 0 Å². The molecule has 0 saturated carbocycles. The first kappa shape index (κ1) is 16.1. The molecule has 1 unspecified atom stereocenters. The lowest BCUT2D eigenvalue weighted by atomic mass is 10.0. The van der Waals surface area contributed by atoms with E-state index < -0.39 is 10.0 Å². The quantitative estimate of drug-likeness (QED) is 0.850. The van der Waals surface area contributed by atoms with E-state index in [0.29, 0.717) is 36.0 Å². The fraction of sp³-hybridized carbons (Fsp3) is 0.500. The van der Waals surface area contributed by atoms with Crippen LogP contribution in [0.15, 0.2) is 18.2 Å². The lowest BCUT2D eigenvalue weighted by Gasteiger charge is -2.30. The van der Waals surface area contributed by atoms with Gasteiger partial charge in [-0.05, 0) is 25.0 Å². The van der Waals surface area contributed by atoms with Gasteiger partial charge in [0.05, 0.1) is 18.4 Å². The molecule has 114 valence electrons. The Morgan fingerprint density at radius 2 is 2.29 bits per heavy atom. The molecule has 0 N–H and O–H groups in total. The molecule has 1 aliphatic rings. The van der Waals surface area contributed by atoms with Gasteiger partial charge >= 0.3 is 0 Å². The molecule has 1 aromatic carbocycles. The number of rotatable bonds is 4. The van der Waals surface area contributed by atoms with Crippen molar-refractivity contribution in [3.63, 3.8) is 0 Å². The average Bonchev–Trinajstić information content (AvgIpc) is 2.45. The second-order valence-electron chi connectivity index (χ2n) is 5.19. The summed E-state index contributed by atoms with van der Waals surface area (Å²) in [7, 11) is -3.16. The van der Waals surface area contributed by atoms with Gasteiger partial charge in [0.2, 0.25) is 10.0 Å². The van der Waals surface area contributed by atoms with Crippen molar-refractivity contribution >= 4 is 21.6 Å². The van der Waals surface area contributed by atoms with E-state index in [-0.39, 0.29) is 5.92 Å². The van der Waals surface area contributed by atoms with Crippen LogP contribution in [0.25, 0.3) is 0 Å². The Bertz CT molecular complexity index is 655. The normalized spacial score (nSPS) is 20.0. The summed E-state index contributed by atoms with van der Waals surface area (Å²) in [6.45, 7) is 1.40.